The van der Waals surface area contributed by atoms with E-state index in [4.69, 9.17) is 10.5 Å². The Morgan fingerprint density at radius 2 is 2.22 bits per heavy atom. The maximum atomic E-state index is 12.0. The van der Waals surface area contributed by atoms with Crippen LogP contribution in [0.2, 0.25) is 0 Å². The summed E-state index contributed by atoms with van der Waals surface area (Å²) in [5.41, 5.74) is 5.68. The molecule has 0 bridgehead atoms. The zero-order valence-electron chi connectivity index (χ0n) is 11.9. The molecule has 0 aromatic heterocycles. The Morgan fingerprint density at radius 3 is 2.78 bits per heavy atom. The van der Waals surface area contributed by atoms with E-state index in [0.717, 1.165) is 39.2 Å². The minimum atomic E-state index is 0.106. The fourth-order valence-corrected chi connectivity index (χ4v) is 2.27. The maximum absolute atomic E-state index is 12.0. The summed E-state index contributed by atoms with van der Waals surface area (Å²) in [5.74, 6) is 0.241. The van der Waals surface area contributed by atoms with Gasteiger partial charge < -0.3 is 15.4 Å². The molecule has 2 atom stereocenters. The highest BCUT2D eigenvalue weighted by Crippen LogP contribution is 2.11. The summed E-state index contributed by atoms with van der Waals surface area (Å²) in [4.78, 5) is 16.3. The molecular formula is C13H27N3O2. The number of nitrogens with zero attached hydrogens (tertiary/aromatic N) is 2. The van der Waals surface area contributed by atoms with Crippen LogP contribution in [0.15, 0.2) is 0 Å². The summed E-state index contributed by atoms with van der Waals surface area (Å²) < 4.78 is 5.10. The third-order valence-electron chi connectivity index (χ3n) is 3.51. The van der Waals surface area contributed by atoms with E-state index in [9.17, 15) is 4.79 Å². The van der Waals surface area contributed by atoms with E-state index < -0.39 is 0 Å². The lowest BCUT2D eigenvalue weighted by atomic mass is 10.1. The number of amides is 1. The number of hydrogen-bond donors (Lipinski definition) is 1. The molecule has 2 N–H and O–H groups in total. The molecule has 0 aromatic rings. The van der Waals surface area contributed by atoms with E-state index >= 15 is 0 Å². The third-order valence-corrected chi connectivity index (χ3v) is 3.51. The monoisotopic (exact) mass is 257 g/mol. The Labute approximate surface area is 110 Å². The number of rotatable bonds is 6. The Balaban J connectivity index is 2.33. The lowest BCUT2D eigenvalue weighted by Crippen LogP contribution is -2.54. The van der Waals surface area contributed by atoms with Gasteiger partial charge in [0.1, 0.15) is 0 Å². The third kappa shape index (κ3) is 4.92. The van der Waals surface area contributed by atoms with Gasteiger partial charge in [-0.1, -0.05) is 0 Å². The molecule has 1 aliphatic rings. The van der Waals surface area contributed by atoms with Crippen LogP contribution in [-0.4, -0.2) is 67.7 Å². The van der Waals surface area contributed by atoms with Crippen LogP contribution in [0.25, 0.3) is 0 Å². The van der Waals surface area contributed by atoms with Gasteiger partial charge in [-0.3, -0.25) is 9.69 Å². The normalized spacial score (nSPS) is 23.1. The van der Waals surface area contributed by atoms with Gasteiger partial charge in [0.05, 0.1) is 6.61 Å². The molecule has 0 aliphatic carbocycles. The van der Waals surface area contributed by atoms with Crippen LogP contribution in [0, 0.1) is 0 Å². The molecule has 5 heteroatoms. The van der Waals surface area contributed by atoms with Crippen molar-refractivity contribution in [1.82, 2.24) is 9.80 Å². The van der Waals surface area contributed by atoms with Crippen LogP contribution < -0.4 is 5.73 Å². The first-order valence-corrected chi connectivity index (χ1v) is 6.81. The van der Waals surface area contributed by atoms with E-state index in [-0.39, 0.29) is 11.9 Å². The topological polar surface area (TPSA) is 58.8 Å². The van der Waals surface area contributed by atoms with Gasteiger partial charge in [-0.25, -0.2) is 0 Å². The number of ether oxygens (including phenoxy) is 1. The average Bonchev–Trinajstić information content (AvgIpc) is 2.34. The molecule has 0 aromatic carbocycles. The molecule has 1 amide bonds. The van der Waals surface area contributed by atoms with Crippen LogP contribution >= 0.6 is 0 Å². The average molecular weight is 257 g/mol. The van der Waals surface area contributed by atoms with Gasteiger partial charge in [0.2, 0.25) is 5.91 Å². The molecule has 0 spiro atoms. The minimum Gasteiger partial charge on any atom is -0.383 e. The van der Waals surface area contributed by atoms with E-state index in [1.54, 1.807) is 7.11 Å². The Hall–Kier alpha value is -0.650. The molecule has 2 unspecified atom stereocenters. The summed E-state index contributed by atoms with van der Waals surface area (Å²) in [7, 11) is 1.72. The van der Waals surface area contributed by atoms with Crippen LogP contribution in [0.5, 0.6) is 0 Å². The van der Waals surface area contributed by atoms with Crippen molar-refractivity contribution in [2.24, 2.45) is 5.73 Å². The Bertz CT molecular complexity index is 259. The Morgan fingerprint density at radius 1 is 1.50 bits per heavy atom. The van der Waals surface area contributed by atoms with Crippen molar-refractivity contribution in [1.29, 1.82) is 0 Å². The van der Waals surface area contributed by atoms with Crippen LogP contribution in [-0.2, 0) is 9.53 Å². The number of carbonyl (C=O) groups excluding carboxylic acids is 1. The number of carbonyl (C=O) groups is 1. The molecule has 5 nitrogen and oxygen atoms in total. The van der Waals surface area contributed by atoms with Crippen molar-refractivity contribution < 1.29 is 9.53 Å². The second kappa shape index (κ2) is 7.71. The SMILES string of the molecule is COCCN1CCN(C(=O)CCC(C)N)CC1C. The minimum absolute atomic E-state index is 0.106. The number of hydrogen-bond acceptors (Lipinski definition) is 4. The first kappa shape index (κ1) is 15.4. The highest BCUT2D eigenvalue weighted by Gasteiger charge is 2.25. The van der Waals surface area contributed by atoms with Gasteiger partial charge in [0.25, 0.3) is 0 Å². The zero-order chi connectivity index (χ0) is 13.5. The number of piperazine rings is 1. The summed E-state index contributed by atoms with van der Waals surface area (Å²) in [6.07, 6.45) is 1.35. The van der Waals surface area contributed by atoms with E-state index in [0.29, 0.717) is 12.5 Å². The van der Waals surface area contributed by atoms with E-state index in [2.05, 4.69) is 11.8 Å². The summed E-state index contributed by atoms with van der Waals surface area (Å²) in [6.45, 7) is 8.39. The first-order chi connectivity index (χ1) is 8.54. The molecule has 1 heterocycles. The van der Waals surface area contributed by atoms with Gasteiger partial charge in [0, 0.05) is 51.8 Å². The number of nitrogens with two attached hydrogens (primary N) is 1. The van der Waals surface area contributed by atoms with E-state index in [1.165, 1.54) is 0 Å². The predicted octanol–water partition coefficient (Wildman–Crippen LogP) is 0.293. The Kier molecular flexibility index (Phi) is 6.60. The fourth-order valence-electron chi connectivity index (χ4n) is 2.27. The fraction of sp³-hybridized carbons (Fsp3) is 0.923. The van der Waals surface area contributed by atoms with Crippen molar-refractivity contribution in [2.75, 3.05) is 39.9 Å². The second-order valence-electron chi connectivity index (χ2n) is 5.23. The standard InChI is InChI=1S/C13H27N3O2/c1-11(14)4-5-13(17)16-7-6-15(8-9-18-3)12(2)10-16/h11-12H,4-10,14H2,1-3H3. The van der Waals surface area contributed by atoms with Gasteiger partial charge in [-0.15, -0.1) is 0 Å². The lowest BCUT2D eigenvalue weighted by molar-refractivity contribution is -0.134. The van der Waals surface area contributed by atoms with Crippen molar-refractivity contribution in [3.63, 3.8) is 0 Å². The molecule has 1 saturated heterocycles. The smallest absolute Gasteiger partial charge is 0.222 e. The molecule has 106 valence electrons. The summed E-state index contributed by atoms with van der Waals surface area (Å²) in [5, 5.41) is 0. The highest BCUT2D eigenvalue weighted by molar-refractivity contribution is 5.76. The van der Waals surface area contributed by atoms with E-state index in [1.807, 2.05) is 11.8 Å². The maximum Gasteiger partial charge on any atom is 0.222 e. The van der Waals surface area contributed by atoms with Gasteiger partial charge in [-0.05, 0) is 20.3 Å². The molecule has 1 fully saturated rings. The quantitative estimate of drug-likeness (QED) is 0.743. The molecule has 1 rings (SSSR count). The van der Waals surface area contributed by atoms with Gasteiger partial charge in [0.15, 0.2) is 0 Å². The van der Waals surface area contributed by atoms with Gasteiger partial charge in [-0.2, -0.15) is 0 Å². The molecule has 0 saturated carbocycles. The molecule has 18 heavy (non-hydrogen) atoms. The van der Waals surface area contributed by atoms with Gasteiger partial charge >= 0.3 is 0 Å². The van der Waals surface area contributed by atoms with Crippen molar-refractivity contribution in [2.45, 2.75) is 38.8 Å². The first-order valence-electron chi connectivity index (χ1n) is 6.81. The summed E-state index contributed by atoms with van der Waals surface area (Å²) >= 11 is 0. The lowest BCUT2D eigenvalue weighted by Gasteiger charge is -2.39. The zero-order valence-corrected chi connectivity index (χ0v) is 11.9. The molecule has 0 radical (unpaired) electrons. The van der Waals surface area contributed by atoms with Crippen LogP contribution in [0.3, 0.4) is 0 Å². The van der Waals surface area contributed by atoms with Crippen LogP contribution in [0.4, 0.5) is 0 Å². The van der Waals surface area contributed by atoms with Crippen molar-refractivity contribution in [3.8, 4) is 0 Å². The second-order valence-corrected chi connectivity index (χ2v) is 5.23. The summed E-state index contributed by atoms with van der Waals surface area (Å²) in [6, 6.07) is 0.516. The highest BCUT2D eigenvalue weighted by atomic mass is 16.5. The van der Waals surface area contributed by atoms with Crippen molar-refractivity contribution in [3.05, 3.63) is 0 Å². The molecular weight excluding hydrogens is 230 g/mol. The number of methoxy groups -OCH3 is 1. The largest absolute Gasteiger partial charge is 0.383 e. The van der Waals surface area contributed by atoms with Crippen molar-refractivity contribution >= 4 is 5.91 Å². The predicted molar refractivity (Wildman–Crippen MR) is 72.4 cm³/mol. The van der Waals surface area contributed by atoms with Crippen LogP contribution in [0.1, 0.15) is 26.7 Å². The molecule has 1 aliphatic heterocycles.